The minimum atomic E-state index is -4.18. The van der Waals surface area contributed by atoms with Gasteiger partial charge in [0.15, 0.2) is 0 Å². The molecule has 0 bridgehead atoms. The molecule has 0 aliphatic heterocycles. The van der Waals surface area contributed by atoms with Gasteiger partial charge in [0.25, 0.3) is 15.7 Å². The summed E-state index contributed by atoms with van der Waals surface area (Å²) in [5.41, 5.74) is 0.274. The number of halogens is 1. The number of aryl methyl sites for hydroxylation is 1. The average Bonchev–Trinajstić information content (AvgIpc) is 2.66. The summed E-state index contributed by atoms with van der Waals surface area (Å²) in [6.07, 6.45) is 1.37. The zero-order chi connectivity index (χ0) is 21.8. The monoisotopic (exact) mass is 438 g/mol. The number of benzene rings is 2. The Morgan fingerprint density at radius 3 is 2.55 bits per heavy atom. The van der Waals surface area contributed by atoms with Crippen LogP contribution in [0.5, 0.6) is 0 Å². The van der Waals surface area contributed by atoms with Gasteiger partial charge >= 0.3 is 5.97 Å². The van der Waals surface area contributed by atoms with Crippen molar-refractivity contribution < 1.29 is 22.9 Å². The van der Waals surface area contributed by atoms with Crippen LogP contribution in [0, 0.1) is 17.0 Å². The number of nitrogens with zero attached hydrogens (tertiary/aromatic N) is 2. The van der Waals surface area contributed by atoms with E-state index in [1.165, 1.54) is 36.4 Å². The molecule has 0 N–H and O–H groups in total. The summed E-state index contributed by atoms with van der Waals surface area (Å²) in [7, 11) is -4.18. The van der Waals surface area contributed by atoms with Crippen molar-refractivity contribution >= 4 is 39.0 Å². The number of non-ortho nitro benzene ring substituents is 1. The van der Waals surface area contributed by atoms with E-state index in [0.717, 1.165) is 10.4 Å². The first kappa shape index (κ1) is 22.4. The van der Waals surface area contributed by atoms with Crippen LogP contribution in [0.15, 0.2) is 53.9 Å². The van der Waals surface area contributed by atoms with Crippen molar-refractivity contribution in [1.82, 2.24) is 0 Å². The molecule has 0 saturated carbocycles. The third-order valence-corrected chi connectivity index (χ3v) is 6.23. The Kier molecular flexibility index (Phi) is 6.99. The molecule has 0 radical (unpaired) electrons. The fourth-order valence-corrected chi connectivity index (χ4v) is 4.52. The molecule has 2 aromatic rings. The highest BCUT2D eigenvalue weighted by atomic mass is 35.5. The number of rotatable bonds is 8. The molecule has 0 fully saturated rings. The summed E-state index contributed by atoms with van der Waals surface area (Å²) >= 11 is 6.16. The van der Waals surface area contributed by atoms with Gasteiger partial charge in [-0.15, -0.1) is 6.58 Å². The van der Waals surface area contributed by atoms with Gasteiger partial charge in [-0.25, -0.2) is 13.2 Å². The summed E-state index contributed by atoms with van der Waals surface area (Å²) in [5, 5.41) is 11.1. The van der Waals surface area contributed by atoms with Gasteiger partial charge in [-0.2, -0.15) is 0 Å². The second-order valence-electron chi connectivity index (χ2n) is 5.92. The molecule has 154 valence electrons. The standard InChI is InChI=1S/C19H19ClN2O6S/c1-4-10-21(14-8-9-16(17(20)11-14)19(23)28-5-2)29(26,27)18-12-15(22(24)25)7-6-13(18)3/h4,6-9,11-12H,1,5,10H2,2-3H3. The van der Waals surface area contributed by atoms with Crippen LogP contribution in [0.2, 0.25) is 5.02 Å². The average molecular weight is 439 g/mol. The molecule has 10 heteroatoms. The number of nitro groups is 1. The van der Waals surface area contributed by atoms with E-state index in [-0.39, 0.29) is 40.0 Å². The normalized spacial score (nSPS) is 11.0. The van der Waals surface area contributed by atoms with Crippen LogP contribution >= 0.6 is 11.6 Å². The lowest BCUT2D eigenvalue weighted by Crippen LogP contribution is -2.31. The largest absolute Gasteiger partial charge is 0.462 e. The van der Waals surface area contributed by atoms with Gasteiger partial charge in [-0.05, 0) is 37.6 Å². The quantitative estimate of drug-likeness (QED) is 0.265. The minimum Gasteiger partial charge on any atom is -0.462 e. The molecule has 0 heterocycles. The topological polar surface area (TPSA) is 107 Å². The molecular weight excluding hydrogens is 420 g/mol. The van der Waals surface area contributed by atoms with Gasteiger partial charge in [0, 0.05) is 12.1 Å². The van der Waals surface area contributed by atoms with Crippen LogP contribution in [0.1, 0.15) is 22.8 Å². The molecule has 0 saturated heterocycles. The fraction of sp³-hybridized carbons (Fsp3) is 0.211. The Labute approximate surface area is 173 Å². The van der Waals surface area contributed by atoms with Crippen molar-refractivity contribution in [2.24, 2.45) is 0 Å². The molecule has 0 aliphatic rings. The molecule has 2 rings (SSSR count). The van der Waals surface area contributed by atoms with Gasteiger partial charge < -0.3 is 4.74 Å². The van der Waals surface area contributed by atoms with E-state index >= 15 is 0 Å². The predicted molar refractivity (Wildman–Crippen MR) is 110 cm³/mol. The summed E-state index contributed by atoms with van der Waals surface area (Å²) in [6, 6.07) is 7.70. The summed E-state index contributed by atoms with van der Waals surface area (Å²) in [6.45, 7) is 6.82. The molecule has 0 spiro atoms. The van der Waals surface area contributed by atoms with Gasteiger partial charge in [0.05, 0.1) is 39.2 Å². The third kappa shape index (κ3) is 4.75. The maximum atomic E-state index is 13.3. The number of esters is 1. The number of carbonyl (C=O) groups is 1. The molecule has 2 aromatic carbocycles. The lowest BCUT2D eigenvalue weighted by molar-refractivity contribution is -0.385. The van der Waals surface area contributed by atoms with Crippen molar-refractivity contribution in [3.8, 4) is 0 Å². The van der Waals surface area contributed by atoms with Crippen molar-refractivity contribution in [1.29, 1.82) is 0 Å². The molecular formula is C19H19ClN2O6S. The van der Waals surface area contributed by atoms with Gasteiger partial charge in [0.1, 0.15) is 0 Å². The maximum Gasteiger partial charge on any atom is 0.339 e. The van der Waals surface area contributed by atoms with E-state index in [0.29, 0.717) is 5.56 Å². The SMILES string of the molecule is C=CCN(c1ccc(C(=O)OCC)c(Cl)c1)S(=O)(=O)c1cc([N+](=O)[O-])ccc1C. The third-order valence-electron chi connectivity index (χ3n) is 3.98. The maximum absolute atomic E-state index is 13.3. The highest BCUT2D eigenvalue weighted by molar-refractivity contribution is 7.92. The van der Waals surface area contributed by atoms with E-state index in [4.69, 9.17) is 16.3 Å². The zero-order valence-electron chi connectivity index (χ0n) is 15.8. The number of nitro benzene ring substituents is 1. The Morgan fingerprint density at radius 1 is 1.31 bits per heavy atom. The molecule has 0 amide bonds. The van der Waals surface area contributed by atoms with Crippen molar-refractivity contribution in [2.45, 2.75) is 18.7 Å². The number of carbonyl (C=O) groups excluding carboxylic acids is 1. The molecule has 0 unspecified atom stereocenters. The lowest BCUT2D eigenvalue weighted by atomic mass is 10.2. The second kappa shape index (κ2) is 9.06. The van der Waals surface area contributed by atoms with Crippen LogP contribution in [-0.2, 0) is 14.8 Å². The Morgan fingerprint density at radius 2 is 2.00 bits per heavy atom. The first-order valence-corrected chi connectivity index (χ1v) is 10.3. The Bertz CT molecular complexity index is 1070. The van der Waals surface area contributed by atoms with E-state index < -0.39 is 20.9 Å². The lowest BCUT2D eigenvalue weighted by Gasteiger charge is -2.24. The van der Waals surface area contributed by atoms with Crippen LogP contribution in [0.3, 0.4) is 0 Å². The number of anilines is 1. The van der Waals surface area contributed by atoms with Crippen molar-refractivity contribution in [3.05, 3.63) is 75.3 Å². The van der Waals surface area contributed by atoms with Gasteiger partial charge in [0.2, 0.25) is 0 Å². The van der Waals surface area contributed by atoms with Crippen molar-refractivity contribution in [2.75, 3.05) is 17.5 Å². The summed E-state index contributed by atoms with van der Waals surface area (Å²) in [5.74, 6) is -0.628. The van der Waals surface area contributed by atoms with Gasteiger partial charge in [-0.3, -0.25) is 14.4 Å². The Balaban J connectivity index is 2.58. The van der Waals surface area contributed by atoms with Crippen LogP contribution in [-0.4, -0.2) is 32.5 Å². The second-order valence-corrected chi connectivity index (χ2v) is 8.15. The van der Waals surface area contributed by atoms with E-state index in [1.54, 1.807) is 13.8 Å². The molecule has 0 aromatic heterocycles. The zero-order valence-corrected chi connectivity index (χ0v) is 17.4. The van der Waals surface area contributed by atoms with E-state index in [1.807, 2.05) is 0 Å². The highest BCUT2D eigenvalue weighted by Gasteiger charge is 2.28. The van der Waals surface area contributed by atoms with Crippen molar-refractivity contribution in [3.63, 3.8) is 0 Å². The van der Waals surface area contributed by atoms with Gasteiger partial charge in [-0.1, -0.05) is 23.7 Å². The number of hydrogen-bond donors (Lipinski definition) is 0. The summed E-state index contributed by atoms with van der Waals surface area (Å²) < 4.78 is 32.5. The number of sulfonamides is 1. The fourth-order valence-electron chi connectivity index (χ4n) is 2.59. The molecule has 29 heavy (non-hydrogen) atoms. The highest BCUT2D eigenvalue weighted by Crippen LogP contribution is 2.31. The molecule has 0 aliphatic carbocycles. The first-order valence-electron chi connectivity index (χ1n) is 8.48. The number of ether oxygens (including phenoxy) is 1. The van der Waals surface area contributed by atoms with E-state index in [9.17, 15) is 23.3 Å². The predicted octanol–water partition coefficient (Wildman–Crippen LogP) is 4.11. The van der Waals surface area contributed by atoms with Crippen LogP contribution < -0.4 is 4.31 Å². The molecule has 8 nitrogen and oxygen atoms in total. The summed E-state index contributed by atoms with van der Waals surface area (Å²) in [4.78, 5) is 22.1. The van der Waals surface area contributed by atoms with Crippen LogP contribution in [0.25, 0.3) is 0 Å². The number of hydrogen-bond acceptors (Lipinski definition) is 6. The Hall–Kier alpha value is -2.91. The minimum absolute atomic E-state index is 0.0148. The first-order chi connectivity index (χ1) is 13.6. The smallest absolute Gasteiger partial charge is 0.339 e. The van der Waals surface area contributed by atoms with Crippen LogP contribution in [0.4, 0.5) is 11.4 Å². The van der Waals surface area contributed by atoms with E-state index in [2.05, 4.69) is 6.58 Å². The molecule has 0 atom stereocenters.